The smallest absolute Gasteiger partial charge is 0.131 e. The Labute approximate surface area is 84.7 Å². The first-order chi connectivity index (χ1) is 6.27. The van der Waals surface area contributed by atoms with Crippen LogP contribution < -0.4 is 5.32 Å². The topological polar surface area (TPSA) is 65.6 Å². The van der Waals surface area contributed by atoms with Crippen molar-refractivity contribution >= 4 is 15.9 Å². The van der Waals surface area contributed by atoms with Gasteiger partial charge >= 0.3 is 0 Å². The molecule has 1 heterocycles. The number of halogens is 1. The highest BCUT2D eigenvalue weighted by atomic mass is 79.9. The summed E-state index contributed by atoms with van der Waals surface area (Å²) in [5, 5.41) is 20.5. The monoisotopic (exact) mass is 249 g/mol. The number of rotatable bonds is 5. The fourth-order valence-electron chi connectivity index (χ4n) is 0.875. The molecule has 74 valence electrons. The van der Waals surface area contributed by atoms with E-state index < -0.39 is 0 Å². The predicted octanol–water partition coefficient (Wildman–Crippen LogP) is 0.485. The summed E-state index contributed by atoms with van der Waals surface area (Å²) in [5.41, 5.74) is 0. The van der Waals surface area contributed by atoms with Crippen molar-refractivity contribution in [2.45, 2.75) is 12.6 Å². The van der Waals surface area contributed by atoms with Gasteiger partial charge in [-0.15, -0.1) is 0 Å². The highest BCUT2D eigenvalue weighted by molar-refractivity contribution is 9.10. The highest BCUT2D eigenvalue weighted by Gasteiger charge is 2.07. The maximum absolute atomic E-state index is 8.76. The van der Waals surface area contributed by atoms with Crippen LogP contribution in [0.2, 0.25) is 0 Å². The van der Waals surface area contributed by atoms with E-state index in [-0.39, 0.29) is 19.3 Å². The average Bonchev–Trinajstić information content (AvgIpc) is 2.54. The van der Waals surface area contributed by atoms with Crippen LogP contribution in [0.4, 0.5) is 0 Å². The normalized spacial score (nSPS) is 11.1. The summed E-state index contributed by atoms with van der Waals surface area (Å²) in [6, 6.07) is 1.50. The summed E-state index contributed by atoms with van der Waals surface area (Å²) >= 11 is 3.30. The Hall–Kier alpha value is -0.360. The third-order valence-corrected chi connectivity index (χ3v) is 2.39. The number of hydrogen-bond donors (Lipinski definition) is 3. The van der Waals surface area contributed by atoms with Crippen LogP contribution in [0.25, 0.3) is 0 Å². The van der Waals surface area contributed by atoms with Gasteiger partial charge in [-0.25, -0.2) is 0 Å². The first-order valence-electron chi connectivity index (χ1n) is 3.95. The molecule has 5 heteroatoms. The van der Waals surface area contributed by atoms with E-state index in [0.717, 1.165) is 10.2 Å². The summed E-state index contributed by atoms with van der Waals surface area (Å²) in [6.07, 6.45) is 1.58. The minimum Gasteiger partial charge on any atom is -0.467 e. The van der Waals surface area contributed by atoms with E-state index >= 15 is 0 Å². The maximum Gasteiger partial charge on any atom is 0.131 e. The standard InChI is InChI=1S/C8H12BrNO3/c9-7-1-2-13-8(7)3-10-6(4-11)5-12/h1-2,6,10-12H,3-5H2. The van der Waals surface area contributed by atoms with E-state index in [9.17, 15) is 0 Å². The number of hydrogen-bond acceptors (Lipinski definition) is 4. The molecule has 13 heavy (non-hydrogen) atoms. The molecule has 0 radical (unpaired) electrons. The van der Waals surface area contributed by atoms with E-state index in [2.05, 4.69) is 21.2 Å². The van der Waals surface area contributed by atoms with Crippen LogP contribution in [0.3, 0.4) is 0 Å². The van der Waals surface area contributed by atoms with Crippen LogP contribution in [0.1, 0.15) is 5.76 Å². The van der Waals surface area contributed by atoms with Crippen LogP contribution in [-0.2, 0) is 6.54 Å². The maximum atomic E-state index is 8.76. The van der Waals surface area contributed by atoms with Crippen LogP contribution in [0.5, 0.6) is 0 Å². The van der Waals surface area contributed by atoms with Gasteiger partial charge in [0.25, 0.3) is 0 Å². The molecule has 0 saturated carbocycles. The summed E-state index contributed by atoms with van der Waals surface area (Å²) in [4.78, 5) is 0. The number of aliphatic hydroxyl groups is 2. The molecule has 1 aromatic heterocycles. The number of nitrogens with one attached hydrogen (secondary N) is 1. The van der Waals surface area contributed by atoms with Gasteiger partial charge in [-0.1, -0.05) is 0 Å². The minimum absolute atomic E-state index is 0.0885. The van der Waals surface area contributed by atoms with Gasteiger partial charge < -0.3 is 19.9 Å². The molecule has 0 aliphatic heterocycles. The molecule has 0 fully saturated rings. The second kappa shape index (κ2) is 5.39. The second-order valence-corrected chi connectivity index (χ2v) is 3.49. The second-order valence-electron chi connectivity index (χ2n) is 2.63. The van der Waals surface area contributed by atoms with Crippen molar-refractivity contribution < 1.29 is 14.6 Å². The summed E-state index contributed by atoms with van der Waals surface area (Å²) in [7, 11) is 0. The Morgan fingerprint density at radius 2 is 2.15 bits per heavy atom. The van der Waals surface area contributed by atoms with Crippen molar-refractivity contribution in [2.24, 2.45) is 0 Å². The average molecular weight is 250 g/mol. The van der Waals surface area contributed by atoms with Crippen LogP contribution in [0.15, 0.2) is 21.2 Å². The van der Waals surface area contributed by atoms with Crippen LogP contribution in [-0.4, -0.2) is 29.5 Å². The molecule has 0 aliphatic rings. The van der Waals surface area contributed by atoms with E-state index in [0.29, 0.717) is 6.54 Å². The molecule has 0 aromatic carbocycles. The zero-order chi connectivity index (χ0) is 9.68. The molecule has 3 N–H and O–H groups in total. The number of furan rings is 1. The molecule has 0 spiro atoms. The molecular weight excluding hydrogens is 238 g/mol. The van der Waals surface area contributed by atoms with Gasteiger partial charge in [0.15, 0.2) is 0 Å². The quantitative estimate of drug-likeness (QED) is 0.711. The van der Waals surface area contributed by atoms with Crippen molar-refractivity contribution in [1.29, 1.82) is 0 Å². The van der Waals surface area contributed by atoms with Gasteiger partial charge in [0, 0.05) is 0 Å². The van der Waals surface area contributed by atoms with Crippen molar-refractivity contribution in [2.75, 3.05) is 13.2 Å². The zero-order valence-electron chi connectivity index (χ0n) is 7.03. The van der Waals surface area contributed by atoms with E-state index in [1.165, 1.54) is 0 Å². The SMILES string of the molecule is OCC(CO)NCc1occc1Br. The zero-order valence-corrected chi connectivity index (χ0v) is 8.62. The van der Waals surface area contributed by atoms with Crippen molar-refractivity contribution in [3.05, 3.63) is 22.6 Å². The third kappa shape index (κ3) is 3.11. The van der Waals surface area contributed by atoms with Gasteiger partial charge in [-0.05, 0) is 22.0 Å². The molecule has 0 unspecified atom stereocenters. The fourth-order valence-corrected chi connectivity index (χ4v) is 1.22. The van der Waals surface area contributed by atoms with Crippen molar-refractivity contribution in [3.63, 3.8) is 0 Å². The van der Waals surface area contributed by atoms with E-state index in [1.807, 2.05) is 0 Å². The lowest BCUT2D eigenvalue weighted by atomic mass is 10.3. The number of aliphatic hydroxyl groups excluding tert-OH is 2. The lowest BCUT2D eigenvalue weighted by Crippen LogP contribution is -2.35. The first kappa shape index (κ1) is 10.7. The van der Waals surface area contributed by atoms with Gasteiger partial charge in [-0.3, -0.25) is 0 Å². The van der Waals surface area contributed by atoms with Gasteiger partial charge in [0.1, 0.15) is 5.76 Å². The van der Waals surface area contributed by atoms with Crippen LogP contribution in [0, 0.1) is 0 Å². The van der Waals surface area contributed by atoms with E-state index in [4.69, 9.17) is 14.6 Å². The molecule has 0 bridgehead atoms. The van der Waals surface area contributed by atoms with Gasteiger partial charge in [0.2, 0.25) is 0 Å². The van der Waals surface area contributed by atoms with Crippen molar-refractivity contribution in [3.8, 4) is 0 Å². The highest BCUT2D eigenvalue weighted by Crippen LogP contribution is 2.16. The lowest BCUT2D eigenvalue weighted by molar-refractivity contribution is 0.168. The van der Waals surface area contributed by atoms with Crippen molar-refractivity contribution in [1.82, 2.24) is 5.32 Å². The molecule has 0 atom stereocenters. The molecule has 0 aliphatic carbocycles. The Morgan fingerprint density at radius 3 is 2.62 bits per heavy atom. The van der Waals surface area contributed by atoms with Gasteiger partial charge in [-0.2, -0.15) is 0 Å². The van der Waals surface area contributed by atoms with Gasteiger partial charge in [0.05, 0.1) is 36.5 Å². The third-order valence-electron chi connectivity index (χ3n) is 1.68. The van der Waals surface area contributed by atoms with E-state index in [1.54, 1.807) is 12.3 Å². The molecular formula is C8H12BrNO3. The first-order valence-corrected chi connectivity index (χ1v) is 4.74. The summed E-state index contributed by atoms with van der Waals surface area (Å²) < 4.78 is 6.01. The fraction of sp³-hybridized carbons (Fsp3) is 0.500. The summed E-state index contributed by atoms with van der Waals surface area (Å²) in [5.74, 6) is 0.756. The molecule has 1 rings (SSSR count). The molecule has 0 saturated heterocycles. The predicted molar refractivity (Wildman–Crippen MR) is 51.2 cm³/mol. The molecule has 1 aromatic rings. The Bertz CT molecular complexity index is 247. The Balaban J connectivity index is 2.38. The molecule has 4 nitrogen and oxygen atoms in total. The Morgan fingerprint density at radius 1 is 1.46 bits per heavy atom. The molecule has 0 amide bonds. The largest absolute Gasteiger partial charge is 0.467 e. The lowest BCUT2D eigenvalue weighted by Gasteiger charge is -2.11. The minimum atomic E-state index is -0.294. The van der Waals surface area contributed by atoms with Crippen LogP contribution >= 0.6 is 15.9 Å². The Kier molecular flexibility index (Phi) is 4.44. The summed E-state index contributed by atoms with van der Waals surface area (Å²) in [6.45, 7) is 0.309.